The largest absolute Gasteiger partial charge is 0.224 e. The van der Waals surface area contributed by atoms with Crippen molar-refractivity contribution in [3.63, 3.8) is 0 Å². The molecular formula is C33H46N+. The van der Waals surface area contributed by atoms with Gasteiger partial charge in [-0.05, 0) is 49.2 Å². The van der Waals surface area contributed by atoms with E-state index in [2.05, 4.69) is 105 Å². The molecule has 0 bridgehead atoms. The van der Waals surface area contributed by atoms with Crippen LogP contribution in [0.3, 0.4) is 0 Å². The summed E-state index contributed by atoms with van der Waals surface area (Å²) in [7, 11) is 0. The monoisotopic (exact) mass is 456 g/mol. The summed E-state index contributed by atoms with van der Waals surface area (Å²) < 4.78 is 0.802. The third-order valence-electron chi connectivity index (χ3n) is 7.40. The van der Waals surface area contributed by atoms with Gasteiger partial charge in [-0.15, -0.1) is 0 Å². The Morgan fingerprint density at radius 2 is 0.824 bits per heavy atom. The van der Waals surface area contributed by atoms with Crippen LogP contribution in [0.1, 0.15) is 90.9 Å². The second-order valence-electron chi connectivity index (χ2n) is 9.76. The molecule has 3 aromatic rings. The zero-order valence-corrected chi connectivity index (χ0v) is 21.7. The number of para-hydroxylation sites is 3. The van der Waals surface area contributed by atoms with Crippen LogP contribution in [0.5, 0.6) is 0 Å². The first-order chi connectivity index (χ1) is 16.8. The molecule has 0 saturated carbocycles. The van der Waals surface area contributed by atoms with Gasteiger partial charge in [0.05, 0.1) is 0 Å². The molecule has 0 N–H and O–H groups in total. The van der Waals surface area contributed by atoms with Crippen LogP contribution in [-0.2, 0) is 0 Å². The molecule has 0 radical (unpaired) electrons. The van der Waals surface area contributed by atoms with Crippen LogP contribution in [0.25, 0.3) is 0 Å². The van der Waals surface area contributed by atoms with E-state index in [-0.39, 0.29) is 0 Å². The third kappa shape index (κ3) is 6.83. The van der Waals surface area contributed by atoms with Crippen molar-refractivity contribution in [1.82, 2.24) is 4.48 Å². The van der Waals surface area contributed by atoms with Crippen LogP contribution >= 0.6 is 0 Å². The van der Waals surface area contributed by atoms with Gasteiger partial charge in [0.1, 0.15) is 23.1 Å². The first kappa shape index (κ1) is 26.2. The summed E-state index contributed by atoms with van der Waals surface area (Å²) in [5.74, 6) is 0. The summed E-state index contributed by atoms with van der Waals surface area (Å²) in [6.07, 6.45) is 16.3. The minimum atomic E-state index is 0.501. The lowest BCUT2D eigenvalue weighted by Gasteiger charge is -2.43. The summed E-state index contributed by atoms with van der Waals surface area (Å²) in [6.45, 7) is 4.67. The highest BCUT2D eigenvalue weighted by Gasteiger charge is 2.42. The van der Waals surface area contributed by atoms with Crippen molar-refractivity contribution in [2.75, 3.05) is 0 Å². The first-order valence-electron chi connectivity index (χ1n) is 13.9. The number of benzene rings is 3. The van der Waals surface area contributed by atoms with Gasteiger partial charge in [-0.3, -0.25) is 0 Å². The maximum absolute atomic E-state index is 2.38. The molecule has 3 rings (SSSR count). The Morgan fingerprint density at radius 3 is 1.18 bits per heavy atom. The van der Waals surface area contributed by atoms with Crippen LogP contribution < -0.4 is 4.48 Å². The second kappa shape index (κ2) is 14.8. The Morgan fingerprint density at radius 1 is 0.471 bits per heavy atom. The Labute approximate surface area is 209 Å². The molecule has 0 fully saturated rings. The van der Waals surface area contributed by atoms with Gasteiger partial charge >= 0.3 is 0 Å². The molecule has 1 atom stereocenters. The topological polar surface area (TPSA) is 0 Å². The number of hydrogen-bond acceptors (Lipinski definition) is 0. The van der Waals surface area contributed by atoms with Crippen molar-refractivity contribution in [1.29, 1.82) is 0 Å². The highest BCUT2D eigenvalue weighted by molar-refractivity contribution is 5.71. The molecule has 1 unspecified atom stereocenters. The molecule has 0 aliphatic rings. The number of unbranched alkanes of at least 4 members (excludes halogenated alkanes) is 9. The van der Waals surface area contributed by atoms with Gasteiger partial charge in [-0.25, -0.2) is 4.48 Å². The summed E-state index contributed by atoms with van der Waals surface area (Å²) in [6, 6.07) is 34.0. The predicted octanol–water partition coefficient (Wildman–Crippen LogP) is 10.7. The quantitative estimate of drug-likeness (QED) is 0.148. The van der Waals surface area contributed by atoms with Crippen molar-refractivity contribution in [3.8, 4) is 0 Å². The third-order valence-corrected chi connectivity index (χ3v) is 7.40. The highest BCUT2D eigenvalue weighted by atomic mass is 15.4. The lowest BCUT2D eigenvalue weighted by atomic mass is 9.96. The molecule has 0 aliphatic heterocycles. The van der Waals surface area contributed by atoms with Crippen LogP contribution in [0.4, 0.5) is 17.1 Å². The molecule has 1 nitrogen and oxygen atoms in total. The Hall–Kier alpha value is -2.38. The van der Waals surface area contributed by atoms with Gasteiger partial charge in [0.25, 0.3) is 0 Å². The van der Waals surface area contributed by atoms with Gasteiger partial charge in [0.2, 0.25) is 0 Å². The average Bonchev–Trinajstić information content (AvgIpc) is 2.91. The molecule has 0 aromatic heterocycles. The maximum Gasteiger partial charge on any atom is 0.143 e. The molecule has 3 aromatic carbocycles. The van der Waals surface area contributed by atoms with Crippen molar-refractivity contribution < 1.29 is 0 Å². The van der Waals surface area contributed by atoms with E-state index in [1.165, 1.54) is 87.7 Å². The lowest BCUT2D eigenvalue weighted by Crippen LogP contribution is -2.48. The van der Waals surface area contributed by atoms with Crippen molar-refractivity contribution in [2.24, 2.45) is 0 Å². The summed E-state index contributed by atoms with van der Waals surface area (Å²) in [4.78, 5) is 0. The van der Waals surface area contributed by atoms with Crippen LogP contribution in [0, 0.1) is 0 Å². The van der Waals surface area contributed by atoms with E-state index in [4.69, 9.17) is 0 Å². The molecule has 0 heterocycles. The molecule has 0 amide bonds. The van der Waals surface area contributed by atoms with Crippen molar-refractivity contribution in [3.05, 3.63) is 91.0 Å². The van der Waals surface area contributed by atoms with E-state index in [0.717, 1.165) is 10.9 Å². The predicted molar refractivity (Wildman–Crippen MR) is 151 cm³/mol. The minimum absolute atomic E-state index is 0.501. The van der Waals surface area contributed by atoms with E-state index >= 15 is 0 Å². The second-order valence-corrected chi connectivity index (χ2v) is 9.76. The normalized spacial score (nSPS) is 12.5. The zero-order valence-electron chi connectivity index (χ0n) is 21.7. The fraction of sp³-hybridized carbons (Fsp3) is 0.455. The Balaban J connectivity index is 1.76. The molecule has 0 saturated heterocycles. The van der Waals surface area contributed by atoms with Crippen LogP contribution in [0.15, 0.2) is 91.0 Å². The number of quaternary nitrogens is 1. The van der Waals surface area contributed by atoms with Gasteiger partial charge in [0, 0.05) is 6.42 Å². The molecule has 0 spiro atoms. The first-order valence-corrected chi connectivity index (χ1v) is 13.9. The SMILES string of the molecule is CCCCCCCCCCCCC(CC)[N+](c1ccccc1)(c1ccccc1)c1ccccc1. The number of rotatable bonds is 16. The van der Waals surface area contributed by atoms with Crippen molar-refractivity contribution >= 4 is 17.1 Å². The fourth-order valence-electron chi connectivity index (χ4n) is 5.61. The minimum Gasteiger partial charge on any atom is -0.224 e. The van der Waals surface area contributed by atoms with E-state index < -0.39 is 0 Å². The van der Waals surface area contributed by atoms with E-state index in [0.29, 0.717) is 6.04 Å². The Bertz CT molecular complexity index is 791. The maximum atomic E-state index is 2.38. The smallest absolute Gasteiger partial charge is 0.143 e. The molecule has 0 aliphatic carbocycles. The summed E-state index contributed by atoms with van der Waals surface area (Å²) >= 11 is 0. The number of hydrogen-bond donors (Lipinski definition) is 0. The van der Waals surface area contributed by atoms with Gasteiger partial charge in [-0.1, -0.05) is 126 Å². The lowest BCUT2D eigenvalue weighted by molar-refractivity contribution is 0.337. The van der Waals surface area contributed by atoms with E-state index in [9.17, 15) is 0 Å². The molecule has 182 valence electrons. The number of nitrogens with zero attached hydrogens (tertiary/aromatic N) is 1. The Kier molecular flexibility index (Phi) is 11.4. The summed E-state index contributed by atoms with van der Waals surface area (Å²) in [5.41, 5.74) is 4.08. The van der Waals surface area contributed by atoms with Gasteiger partial charge in [0.15, 0.2) is 0 Å². The highest BCUT2D eigenvalue weighted by Crippen LogP contribution is 2.47. The fourth-order valence-corrected chi connectivity index (χ4v) is 5.61. The zero-order chi connectivity index (χ0) is 23.9. The van der Waals surface area contributed by atoms with Crippen molar-refractivity contribution in [2.45, 2.75) is 96.9 Å². The van der Waals surface area contributed by atoms with E-state index in [1.54, 1.807) is 0 Å². The van der Waals surface area contributed by atoms with E-state index in [1.807, 2.05) is 0 Å². The summed E-state index contributed by atoms with van der Waals surface area (Å²) in [5, 5.41) is 0. The van der Waals surface area contributed by atoms with Gasteiger partial charge in [-0.2, -0.15) is 0 Å². The standard InChI is InChI=1S/C33H46N/c1-3-5-6-7-8-9-10-11-12-16-23-30(4-2)34(31-24-17-13-18-25-31,32-26-19-14-20-27-32)33-28-21-15-22-29-33/h13-15,17-22,24-30H,3-12,16,23H2,1-2H3/q+1. The molecular weight excluding hydrogens is 410 g/mol. The van der Waals surface area contributed by atoms with Gasteiger partial charge < -0.3 is 0 Å². The van der Waals surface area contributed by atoms with Crippen LogP contribution in [0.2, 0.25) is 0 Å². The van der Waals surface area contributed by atoms with Crippen LogP contribution in [-0.4, -0.2) is 6.04 Å². The molecule has 1 heteroatoms. The molecule has 34 heavy (non-hydrogen) atoms. The average molecular weight is 457 g/mol.